The third kappa shape index (κ3) is 10.1. The van der Waals surface area contributed by atoms with Crippen LogP contribution in [-0.2, 0) is 21.4 Å². The molecule has 4 amide bonds. The lowest BCUT2D eigenvalue weighted by Crippen LogP contribution is -2.47. The van der Waals surface area contributed by atoms with Gasteiger partial charge in [0.1, 0.15) is 12.1 Å². The van der Waals surface area contributed by atoms with Crippen LogP contribution < -0.4 is 31.9 Å². The van der Waals surface area contributed by atoms with Gasteiger partial charge in [-0.2, -0.15) is 0 Å². The average molecular weight is 982 g/mol. The summed E-state index contributed by atoms with van der Waals surface area (Å²) in [4.78, 5) is 72.0. The highest BCUT2D eigenvalue weighted by atomic mass is 19.3. The molecule has 10 rings (SSSR count). The minimum atomic E-state index is -2.88. The van der Waals surface area contributed by atoms with Crippen molar-refractivity contribution in [3.63, 3.8) is 0 Å². The highest BCUT2D eigenvalue weighted by molar-refractivity contribution is 6.00. The molecule has 5 aliphatic rings. The van der Waals surface area contributed by atoms with Gasteiger partial charge in [0.25, 0.3) is 11.8 Å². The molecular weight excluding hydrogens is 917 g/mol. The Morgan fingerprint density at radius 2 is 1.60 bits per heavy atom. The van der Waals surface area contributed by atoms with Crippen LogP contribution in [0.2, 0.25) is 0 Å². The summed E-state index contributed by atoms with van der Waals surface area (Å²) in [5.74, 6) is 4.35. The quantitative estimate of drug-likeness (QED) is 0.0908. The Kier molecular flexibility index (Phi) is 14.0. The summed E-state index contributed by atoms with van der Waals surface area (Å²) in [6, 6.07) is 21.2. The molecule has 14 nitrogen and oxygen atoms in total. The van der Waals surface area contributed by atoms with Gasteiger partial charge in [0.05, 0.1) is 23.6 Å². The van der Waals surface area contributed by atoms with E-state index in [9.17, 15) is 32.8 Å². The number of likely N-dealkylation sites (tertiary alicyclic amines) is 2. The summed E-state index contributed by atoms with van der Waals surface area (Å²) in [6.07, 6.45) is 6.09. The minimum absolute atomic E-state index is 0.00209. The number of aryl methyl sites for hydroxylation is 2. The molecule has 4 N–H and O–H groups in total. The summed E-state index contributed by atoms with van der Waals surface area (Å²) in [5, 5.41) is 13.2. The Morgan fingerprint density at radius 1 is 0.847 bits per heavy atom. The predicted molar refractivity (Wildman–Crippen MR) is 275 cm³/mol. The molecule has 378 valence electrons. The van der Waals surface area contributed by atoms with Gasteiger partial charge in [-0.05, 0) is 136 Å². The van der Waals surface area contributed by atoms with E-state index in [4.69, 9.17) is 0 Å². The molecule has 3 atom stereocenters. The van der Waals surface area contributed by atoms with Crippen molar-refractivity contribution in [1.29, 1.82) is 0 Å². The maximum atomic E-state index is 14.3. The Labute approximate surface area is 418 Å². The molecule has 5 saturated heterocycles. The van der Waals surface area contributed by atoms with E-state index in [2.05, 4.69) is 66.0 Å². The summed E-state index contributed by atoms with van der Waals surface area (Å²) in [5.41, 5.74) is 5.72. The number of rotatable bonds is 10. The normalized spacial score (nSPS) is 21.9. The fourth-order valence-electron chi connectivity index (χ4n) is 11.7. The first-order valence-corrected chi connectivity index (χ1v) is 25.8. The van der Waals surface area contributed by atoms with Crippen molar-refractivity contribution in [2.75, 3.05) is 69.1 Å². The van der Waals surface area contributed by atoms with Crippen LogP contribution in [0.25, 0.3) is 21.8 Å². The Morgan fingerprint density at radius 3 is 2.32 bits per heavy atom. The number of carbonyl (C=O) groups is 4. The SMILES string of the molecule is Cc1ccc(N[C@@H]2CNCC2(F)F)cc1C(=O)N[C@H](C)c1ccc(C#CC2CCN(CC3CCN(C(=O)C4CCN(c5ccc6c(c5)n(C)c(=O)n6C5CCC(=O)NC5=O)CC4)CC3)CC2)c2ccccc12. The Balaban J connectivity index is 0.677. The standard InChI is InChI=1S/C56H65F2N9O5/c1-35-8-12-41(61-50-32-59-34-56(50,57)58)30-46(35)52(69)60-36(2)43-14-11-39(44-6-4-5-7-45(43)44)10-9-37-18-24-64(25-19-37)33-38-20-26-66(27-21-38)54(71)40-22-28-65(29-23-40)42-13-15-47-49(31-42)63(3)55(72)67(47)48-16-17-51(68)62-53(48)70/h4-8,11-15,30-31,36-38,40,48,50,59,61H,16-29,32-34H2,1-3H3,(H,60,69)(H,62,68,70)/t36-,48?,50-/m1/s1. The number of amides is 4. The number of hydrogen-bond acceptors (Lipinski definition) is 9. The van der Waals surface area contributed by atoms with Gasteiger partial charge in [0, 0.05) is 87.1 Å². The number of piperidine rings is 4. The number of benzene rings is 4. The molecule has 16 heteroatoms. The number of aromatic nitrogens is 2. The maximum Gasteiger partial charge on any atom is 0.329 e. The second-order valence-electron chi connectivity index (χ2n) is 20.8. The van der Waals surface area contributed by atoms with Gasteiger partial charge in [0.15, 0.2) is 0 Å². The van der Waals surface area contributed by atoms with Crippen LogP contribution in [0.5, 0.6) is 0 Å². The third-order valence-electron chi connectivity index (χ3n) is 16.1. The van der Waals surface area contributed by atoms with E-state index in [0.29, 0.717) is 35.0 Å². The van der Waals surface area contributed by atoms with Gasteiger partial charge in [-0.15, -0.1) is 0 Å². The molecule has 5 aromatic rings. The van der Waals surface area contributed by atoms with Gasteiger partial charge in [-0.1, -0.05) is 48.2 Å². The lowest BCUT2D eigenvalue weighted by atomic mass is 9.90. The van der Waals surface area contributed by atoms with E-state index < -0.39 is 23.9 Å². The molecule has 0 saturated carbocycles. The van der Waals surface area contributed by atoms with E-state index in [1.54, 1.807) is 29.8 Å². The number of nitrogens with one attached hydrogen (secondary N) is 4. The number of anilines is 2. The predicted octanol–water partition coefficient (Wildman–Crippen LogP) is 6.51. The van der Waals surface area contributed by atoms with Crippen LogP contribution in [-0.4, -0.2) is 113 Å². The van der Waals surface area contributed by atoms with Gasteiger partial charge in [-0.3, -0.25) is 33.6 Å². The monoisotopic (exact) mass is 982 g/mol. The molecule has 4 aromatic carbocycles. The molecule has 0 aliphatic carbocycles. The van der Waals surface area contributed by atoms with Crippen molar-refractivity contribution in [1.82, 2.24) is 34.9 Å². The van der Waals surface area contributed by atoms with Crippen LogP contribution >= 0.6 is 0 Å². The summed E-state index contributed by atoms with van der Waals surface area (Å²) in [6.45, 7) is 9.73. The van der Waals surface area contributed by atoms with Gasteiger partial charge in [0.2, 0.25) is 17.7 Å². The van der Waals surface area contributed by atoms with E-state index in [1.807, 2.05) is 50.2 Å². The second kappa shape index (κ2) is 20.5. The zero-order valence-corrected chi connectivity index (χ0v) is 41.4. The van der Waals surface area contributed by atoms with Crippen molar-refractivity contribution in [3.05, 3.63) is 106 Å². The number of fused-ring (bicyclic) bond motifs is 2. The zero-order chi connectivity index (χ0) is 50.3. The molecule has 5 fully saturated rings. The average Bonchev–Trinajstić information content (AvgIpc) is 3.85. The number of hydrogen-bond donors (Lipinski definition) is 4. The smallest absolute Gasteiger partial charge is 0.329 e. The number of imidazole rings is 1. The van der Waals surface area contributed by atoms with Crippen molar-refractivity contribution < 1.29 is 28.0 Å². The zero-order valence-electron chi connectivity index (χ0n) is 41.4. The van der Waals surface area contributed by atoms with E-state index in [-0.39, 0.29) is 54.9 Å². The number of halogens is 2. The lowest BCUT2D eigenvalue weighted by molar-refractivity contribution is -0.138. The van der Waals surface area contributed by atoms with E-state index in [0.717, 1.165) is 123 Å². The summed E-state index contributed by atoms with van der Waals surface area (Å²) >= 11 is 0. The largest absolute Gasteiger partial charge is 0.375 e. The molecule has 5 aliphatic heterocycles. The van der Waals surface area contributed by atoms with Gasteiger partial charge in [-0.25, -0.2) is 13.6 Å². The Bertz CT molecular complexity index is 3020. The van der Waals surface area contributed by atoms with Crippen LogP contribution in [0.15, 0.2) is 77.6 Å². The van der Waals surface area contributed by atoms with Crippen LogP contribution in [0.1, 0.15) is 97.4 Å². The second-order valence-corrected chi connectivity index (χ2v) is 20.8. The fourth-order valence-corrected chi connectivity index (χ4v) is 11.7. The van der Waals surface area contributed by atoms with Crippen molar-refractivity contribution in [2.24, 2.45) is 24.8 Å². The van der Waals surface area contributed by atoms with Crippen LogP contribution in [0.4, 0.5) is 20.2 Å². The molecule has 0 bridgehead atoms. The minimum Gasteiger partial charge on any atom is -0.375 e. The number of carbonyl (C=O) groups excluding carboxylic acids is 4. The van der Waals surface area contributed by atoms with Crippen molar-refractivity contribution in [3.8, 4) is 11.8 Å². The number of nitrogens with zero attached hydrogens (tertiary/aromatic N) is 5. The van der Waals surface area contributed by atoms with E-state index >= 15 is 0 Å². The summed E-state index contributed by atoms with van der Waals surface area (Å²) in [7, 11) is 1.71. The molecule has 72 heavy (non-hydrogen) atoms. The molecule has 6 heterocycles. The molecule has 1 unspecified atom stereocenters. The maximum absolute atomic E-state index is 14.3. The van der Waals surface area contributed by atoms with Crippen molar-refractivity contribution in [2.45, 2.75) is 89.3 Å². The topological polar surface area (TPSA) is 153 Å². The first-order valence-electron chi connectivity index (χ1n) is 25.8. The highest BCUT2D eigenvalue weighted by Gasteiger charge is 2.44. The summed E-state index contributed by atoms with van der Waals surface area (Å²) < 4.78 is 31.7. The number of alkyl halides is 2. The van der Waals surface area contributed by atoms with Crippen LogP contribution in [0.3, 0.4) is 0 Å². The van der Waals surface area contributed by atoms with Gasteiger partial charge < -0.3 is 30.7 Å². The van der Waals surface area contributed by atoms with Crippen molar-refractivity contribution >= 4 is 56.8 Å². The van der Waals surface area contributed by atoms with Gasteiger partial charge >= 0.3 is 5.69 Å². The van der Waals surface area contributed by atoms with Crippen LogP contribution in [0, 0.1) is 36.5 Å². The lowest BCUT2D eigenvalue weighted by Gasteiger charge is -2.39. The fraction of sp³-hybridized carbons (Fsp3) is 0.482. The first-order chi connectivity index (χ1) is 34.7. The molecule has 1 aromatic heterocycles. The van der Waals surface area contributed by atoms with E-state index in [1.165, 1.54) is 4.57 Å². The third-order valence-corrected chi connectivity index (χ3v) is 16.1. The highest BCUT2D eigenvalue weighted by Crippen LogP contribution is 2.33. The molecular formula is C56H65F2N9O5. The molecule has 0 radical (unpaired) electrons. The first kappa shape index (κ1) is 49.0. The number of imide groups is 1. The molecule has 0 spiro atoms. The Hall–Kier alpha value is -6.57.